The predicted molar refractivity (Wildman–Crippen MR) is 78.7 cm³/mol. The van der Waals surface area contributed by atoms with Gasteiger partial charge in [0.05, 0.1) is 0 Å². The normalized spacial score (nSPS) is 12.2. The van der Waals surface area contributed by atoms with E-state index in [4.69, 9.17) is 5.11 Å². The Hall–Kier alpha value is -2.89. The molecule has 1 heterocycles. The van der Waals surface area contributed by atoms with Crippen molar-refractivity contribution in [3.63, 3.8) is 0 Å². The molecule has 6 nitrogen and oxygen atoms in total. The monoisotopic (exact) mass is 285 g/mol. The van der Waals surface area contributed by atoms with Crippen molar-refractivity contribution in [3.05, 3.63) is 54.4 Å². The third-order valence-electron chi connectivity index (χ3n) is 2.90. The van der Waals surface area contributed by atoms with E-state index in [2.05, 4.69) is 10.4 Å². The third kappa shape index (κ3) is 4.04. The van der Waals surface area contributed by atoms with E-state index < -0.39 is 12.0 Å². The van der Waals surface area contributed by atoms with Crippen LogP contribution in [0.15, 0.2) is 48.8 Å². The zero-order chi connectivity index (χ0) is 15.2. The fourth-order valence-corrected chi connectivity index (χ4v) is 1.72. The van der Waals surface area contributed by atoms with Crippen LogP contribution in [0.25, 0.3) is 6.08 Å². The second-order valence-corrected chi connectivity index (χ2v) is 4.44. The smallest absolute Gasteiger partial charge is 0.328 e. The Bertz CT molecular complexity index is 645. The van der Waals surface area contributed by atoms with Gasteiger partial charge in [0.25, 0.3) is 0 Å². The molecule has 1 amide bonds. The van der Waals surface area contributed by atoms with Gasteiger partial charge in [-0.15, -0.1) is 0 Å². The quantitative estimate of drug-likeness (QED) is 0.825. The van der Waals surface area contributed by atoms with Crippen molar-refractivity contribution in [1.82, 2.24) is 9.78 Å². The predicted octanol–water partition coefficient (Wildman–Crippen LogP) is 2.18. The highest BCUT2D eigenvalue weighted by atomic mass is 16.4. The van der Waals surface area contributed by atoms with Gasteiger partial charge in [-0.3, -0.25) is 9.48 Å². The number of hydrogen-bond donors (Lipinski definition) is 2. The second kappa shape index (κ2) is 6.51. The van der Waals surface area contributed by atoms with Gasteiger partial charge in [0, 0.05) is 24.2 Å². The Morgan fingerprint density at radius 3 is 2.62 bits per heavy atom. The number of carbonyl (C=O) groups excluding carboxylic acids is 1. The molecule has 0 saturated heterocycles. The van der Waals surface area contributed by atoms with E-state index in [1.54, 1.807) is 54.3 Å². The summed E-state index contributed by atoms with van der Waals surface area (Å²) in [6, 6.07) is 8.24. The summed E-state index contributed by atoms with van der Waals surface area (Å²) in [7, 11) is 0. The zero-order valence-corrected chi connectivity index (χ0v) is 11.4. The van der Waals surface area contributed by atoms with Gasteiger partial charge >= 0.3 is 5.97 Å². The van der Waals surface area contributed by atoms with Gasteiger partial charge in [-0.25, -0.2) is 4.79 Å². The number of carboxylic acids is 1. The van der Waals surface area contributed by atoms with Crippen LogP contribution < -0.4 is 5.32 Å². The lowest BCUT2D eigenvalue weighted by Crippen LogP contribution is -2.23. The molecule has 0 fully saturated rings. The van der Waals surface area contributed by atoms with Crippen LogP contribution in [0.3, 0.4) is 0 Å². The number of nitrogens with one attached hydrogen (secondary N) is 1. The summed E-state index contributed by atoms with van der Waals surface area (Å²) >= 11 is 0. The average Bonchev–Trinajstić information content (AvgIpc) is 2.99. The molecule has 0 spiro atoms. The minimum absolute atomic E-state index is 0.174. The SMILES string of the molecule is C[C@@H](C(=O)Nc1ccc(/C=C/C(=O)O)cc1)n1cccn1. The van der Waals surface area contributed by atoms with Crippen molar-refractivity contribution in [2.75, 3.05) is 5.32 Å². The maximum absolute atomic E-state index is 12.0. The minimum atomic E-state index is -1.000. The van der Waals surface area contributed by atoms with E-state index in [9.17, 15) is 9.59 Å². The van der Waals surface area contributed by atoms with Crippen LogP contribution >= 0.6 is 0 Å². The summed E-state index contributed by atoms with van der Waals surface area (Å²) in [6.45, 7) is 1.76. The number of carbonyl (C=O) groups is 2. The van der Waals surface area contributed by atoms with Crippen LogP contribution in [0.5, 0.6) is 0 Å². The Kier molecular flexibility index (Phi) is 4.50. The van der Waals surface area contributed by atoms with Crippen molar-refractivity contribution < 1.29 is 14.7 Å². The highest BCUT2D eigenvalue weighted by Gasteiger charge is 2.14. The summed E-state index contributed by atoms with van der Waals surface area (Å²) < 4.78 is 1.57. The van der Waals surface area contributed by atoms with Gasteiger partial charge in [-0.05, 0) is 36.8 Å². The Balaban J connectivity index is 2.00. The molecule has 0 aliphatic rings. The number of hydrogen-bond acceptors (Lipinski definition) is 3. The van der Waals surface area contributed by atoms with Crippen molar-refractivity contribution in [1.29, 1.82) is 0 Å². The topological polar surface area (TPSA) is 84.2 Å². The van der Waals surface area contributed by atoms with E-state index in [0.717, 1.165) is 11.6 Å². The number of aliphatic carboxylic acids is 1. The molecular formula is C15H15N3O3. The van der Waals surface area contributed by atoms with Gasteiger partial charge in [0.2, 0.25) is 5.91 Å². The number of benzene rings is 1. The third-order valence-corrected chi connectivity index (χ3v) is 2.90. The van der Waals surface area contributed by atoms with Gasteiger partial charge in [-0.1, -0.05) is 12.1 Å². The Morgan fingerprint density at radius 1 is 1.33 bits per heavy atom. The molecule has 2 N–H and O–H groups in total. The molecule has 21 heavy (non-hydrogen) atoms. The van der Waals surface area contributed by atoms with Crippen molar-refractivity contribution in [3.8, 4) is 0 Å². The fraction of sp³-hybridized carbons (Fsp3) is 0.133. The number of anilines is 1. The van der Waals surface area contributed by atoms with Crippen LogP contribution in [0, 0.1) is 0 Å². The summed E-state index contributed by atoms with van der Waals surface area (Å²) in [5.74, 6) is -1.17. The maximum Gasteiger partial charge on any atom is 0.328 e. The maximum atomic E-state index is 12.0. The first-order valence-corrected chi connectivity index (χ1v) is 6.37. The number of carboxylic acid groups (broad SMARTS) is 1. The number of nitrogens with zero attached hydrogens (tertiary/aromatic N) is 2. The molecule has 1 aromatic carbocycles. The minimum Gasteiger partial charge on any atom is -0.478 e. The molecule has 0 radical (unpaired) electrons. The van der Waals surface area contributed by atoms with E-state index in [1.165, 1.54) is 6.08 Å². The molecule has 1 atom stereocenters. The molecule has 2 rings (SSSR count). The first kappa shape index (κ1) is 14.5. The van der Waals surface area contributed by atoms with E-state index in [-0.39, 0.29) is 5.91 Å². The Morgan fingerprint density at radius 2 is 2.05 bits per heavy atom. The Labute approximate surface area is 121 Å². The zero-order valence-electron chi connectivity index (χ0n) is 11.4. The number of amides is 1. The molecule has 108 valence electrons. The summed E-state index contributed by atoms with van der Waals surface area (Å²) in [6.07, 6.45) is 5.89. The molecule has 1 aromatic heterocycles. The van der Waals surface area contributed by atoms with Crippen LogP contribution in [0.1, 0.15) is 18.5 Å². The van der Waals surface area contributed by atoms with E-state index in [0.29, 0.717) is 5.69 Å². The lowest BCUT2D eigenvalue weighted by atomic mass is 10.2. The molecule has 2 aromatic rings. The molecule has 0 bridgehead atoms. The molecule has 0 aliphatic carbocycles. The first-order chi connectivity index (χ1) is 10.1. The largest absolute Gasteiger partial charge is 0.478 e. The van der Waals surface area contributed by atoms with Crippen molar-refractivity contribution >= 4 is 23.6 Å². The summed E-state index contributed by atoms with van der Waals surface area (Å²) in [5.41, 5.74) is 1.39. The molecular weight excluding hydrogens is 270 g/mol. The summed E-state index contributed by atoms with van der Waals surface area (Å²) in [4.78, 5) is 22.5. The van der Waals surface area contributed by atoms with E-state index >= 15 is 0 Å². The molecule has 0 saturated carbocycles. The molecule has 6 heteroatoms. The lowest BCUT2D eigenvalue weighted by molar-refractivity contribution is -0.131. The highest BCUT2D eigenvalue weighted by molar-refractivity contribution is 5.93. The fourth-order valence-electron chi connectivity index (χ4n) is 1.72. The van der Waals surface area contributed by atoms with E-state index in [1.807, 2.05) is 0 Å². The lowest BCUT2D eigenvalue weighted by Gasteiger charge is -2.12. The van der Waals surface area contributed by atoms with Crippen LogP contribution in [-0.4, -0.2) is 26.8 Å². The van der Waals surface area contributed by atoms with Gasteiger partial charge in [0.15, 0.2) is 0 Å². The second-order valence-electron chi connectivity index (χ2n) is 4.44. The van der Waals surface area contributed by atoms with Crippen LogP contribution in [0.4, 0.5) is 5.69 Å². The number of aromatic nitrogens is 2. The van der Waals surface area contributed by atoms with Crippen molar-refractivity contribution in [2.24, 2.45) is 0 Å². The number of rotatable bonds is 5. The molecule has 0 unspecified atom stereocenters. The molecule has 0 aliphatic heterocycles. The van der Waals surface area contributed by atoms with Crippen LogP contribution in [-0.2, 0) is 9.59 Å². The highest BCUT2D eigenvalue weighted by Crippen LogP contribution is 2.13. The standard InChI is InChI=1S/C15H15N3O3/c1-11(18-10-2-9-16-18)15(21)17-13-6-3-12(4-7-13)5-8-14(19)20/h2-11H,1H3,(H,17,21)(H,19,20)/b8-5+/t11-/m0/s1. The van der Waals surface area contributed by atoms with Crippen molar-refractivity contribution in [2.45, 2.75) is 13.0 Å². The van der Waals surface area contributed by atoms with Gasteiger partial charge in [-0.2, -0.15) is 5.10 Å². The first-order valence-electron chi connectivity index (χ1n) is 6.37. The van der Waals surface area contributed by atoms with Gasteiger partial charge in [0.1, 0.15) is 6.04 Å². The average molecular weight is 285 g/mol. The summed E-state index contributed by atoms with van der Waals surface area (Å²) in [5, 5.41) is 15.4. The van der Waals surface area contributed by atoms with Gasteiger partial charge < -0.3 is 10.4 Å². The van der Waals surface area contributed by atoms with Crippen LogP contribution in [0.2, 0.25) is 0 Å².